The molecule has 0 radical (unpaired) electrons. The van der Waals surface area contributed by atoms with E-state index in [0.29, 0.717) is 36.5 Å². The number of ether oxygens (including phenoxy) is 1. The highest BCUT2D eigenvalue weighted by atomic mass is 35.5. The maximum Gasteiger partial charge on any atom is 0.224 e. The molecular weight excluding hydrogens is 474 g/mol. The monoisotopic (exact) mass is 505 g/mol. The summed E-state index contributed by atoms with van der Waals surface area (Å²) in [4.78, 5) is 15.2. The summed E-state index contributed by atoms with van der Waals surface area (Å²) in [6.07, 6.45) is 1.37. The maximum absolute atomic E-state index is 12.9. The van der Waals surface area contributed by atoms with E-state index in [4.69, 9.17) is 16.3 Å². The number of piperidine rings is 1. The Bertz CT molecular complexity index is 1050. The Morgan fingerprint density at radius 2 is 1.62 bits per heavy atom. The molecule has 0 bridgehead atoms. The van der Waals surface area contributed by atoms with Crippen LogP contribution in [0.2, 0.25) is 5.02 Å². The Morgan fingerprint density at radius 1 is 0.971 bits per heavy atom. The molecule has 0 aromatic heterocycles. The molecule has 0 spiro atoms. The van der Waals surface area contributed by atoms with E-state index < -0.39 is 10.0 Å². The predicted octanol–water partition coefficient (Wildman–Crippen LogP) is 3.03. The molecule has 184 valence electrons. The van der Waals surface area contributed by atoms with Gasteiger partial charge in [0.25, 0.3) is 0 Å². The first-order valence-electron chi connectivity index (χ1n) is 11.8. The van der Waals surface area contributed by atoms with Crippen LogP contribution < -0.4 is 5.32 Å². The number of sulfonamides is 1. The number of benzene rings is 2. The molecule has 9 heteroatoms. The van der Waals surface area contributed by atoms with Crippen molar-refractivity contribution < 1.29 is 17.9 Å². The topological polar surface area (TPSA) is 79.0 Å². The second-order valence-electron chi connectivity index (χ2n) is 9.00. The lowest BCUT2D eigenvalue weighted by molar-refractivity contribution is -0.126. The highest BCUT2D eigenvalue weighted by Gasteiger charge is 2.32. The molecule has 1 amide bonds. The number of nitrogens with one attached hydrogen (secondary N) is 1. The molecule has 7 nitrogen and oxygen atoms in total. The van der Waals surface area contributed by atoms with Crippen LogP contribution in [0.15, 0.2) is 48.5 Å². The Hall–Kier alpha value is -1.97. The van der Waals surface area contributed by atoms with Gasteiger partial charge in [0.2, 0.25) is 15.9 Å². The van der Waals surface area contributed by atoms with Gasteiger partial charge in [-0.2, -0.15) is 0 Å². The van der Waals surface area contributed by atoms with Crippen LogP contribution in [0.5, 0.6) is 0 Å². The third kappa shape index (κ3) is 7.02. The summed E-state index contributed by atoms with van der Waals surface area (Å²) in [7, 11) is -3.50. The van der Waals surface area contributed by atoms with Crippen molar-refractivity contribution in [3.63, 3.8) is 0 Å². The van der Waals surface area contributed by atoms with Gasteiger partial charge >= 0.3 is 0 Å². The second-order valence-corrected chi connectivity index (χ2v) is 11.4. The molecule has 0 saturated carbocycles. The highest BCUT2D eigenvalue weighted by molar-refractivity contribution is 7.88. The largest absolute Gasteiger partial charge is 0.379 e. The van der Waals surface area contributed by atoms with Crippen molar-refractivity contribution in [1.82, 2.24) is 14.5 Å². The number of hydrogen-bond donors (Lipinski definition) is 1. The van der Waals surface area contributed by atoms with E-state index in [2.05, 4.69) is 22.3 Å². The van der Waals surface area contributed by atoms with Gasteiger partial charge in [0.15, 0.2) is 0 Å². The Labute approximate surface area is 207 Å². The van der Waals surface area contributed by atoms with Gasteiger partial charge in [0.05, 0.1) is 24.9 Å². The van der Waals surface area contributed by atoms with Gasteiger partial charge in [0.1, 0.15) is 0 Å². The molecule has 2 saturated heterocycles. The molecule has 0 unspecified atom stereocenters. The first-order valence-corrected chi connectivity index (χ1v) is 13.8. The number of halogens is 1. The number of hydrogen-bond acceptors (Lipinski definition) is 5. The fourth-order valence-electron chi connectivity index (χ4n) is 4.41. The van der Waals surface area contributed by atoms with E-state index in [0.717, 1.165) is 38.4 Å². The summed E-state index contributed by atoms with van der Waals surface area (Å²) in [6, 6.07) is 15.1. The molecule has 2 aromatic carbocycles. The summed E-state index contributed by atoms with van der Waals surface area (Å²) < 4.78 is 32.7. The zero-order valence-electron chi connectivity index (χ0n) is 19.3. The Balaban J connectivity index is 1.27. The molecular formula is C25H32ClN3O4S. The molecule has 1 N–H and O–H groups in total. The number of rotatable bonds is 8. The standard InChI is InChI=1S/C25H32ClN3O4S/c26-24-9-7-22(8-10-24)19-34(31,32)29-11-1-2-23(18-29)25(30)27-16-20-3-5-21(6-4-20)17-28-12-14-33-15-13-28/h3-10,23H,1-2,11-19H2,(H,27,30)/t23-/m1/s1. The first kappa shape index (κ1) is 25.1. The van der Waals surface area contributed by atoms with Gasteiger partial charge in [-0.25, -0.2) is 12.7 Å². The van der Waals surface area contributed by atoms with Crippen molar-refractivity contribution in [3.8, 4) is 0 Å². The zero-order chi connectivity index (χ0) is 24.0. The summed E-state index contributed by atoms with van der Waals surface area (Å²) in [5.74, 6) is -0.520. The van der Waals surface area contributed by atoms with Crippen LogP contribution in [-0.2, 0) is 38.4 Å². The van der Waals surface area contributed by atoms with E-state index in [1.165, 1.54) is 9.87 Å². The molecule has 34 heavy (non-hydrogen) atoms. The first-order chi connectivity index (χ1) is 16.4. The minimum absolute atomic E-state index is 0.0880. The summed E-state index contributed by atoms with van der Waals surface area (Å²) in [6.45, 7) is 5.47. The lowest BCUT2D eigenvalue weighted by Crippen LogP contribution is -2.45. The van der Waals surface area contributed by atoms with E-state index in [1.54, 1.807) is 24.3 Å². The second kappa shape index (κ2) is 11.6. The molecule has 2 aromatic rings. The Morgan fingerprint density at radius 3 is 2.32 bits per heavy atom. The molecule has 2 aliphatic heterocycles. The predicted molar refractivity (Wildman–Crippen MR) is 133 cm³/mol. The van der Waals surface area contributed by atoms with E-state index in [1.807, 2.05) is 12.1 Å². The van der Waals surface area contributed by atoms with Gasteiger partial charge in [0, 0.05) is 44.3 Å². The molecule has 2 aliphatic rings. The van der Waals surface area contributed by atoms with E-state index in [-0.39, 0.29) is 24.1 Å². The van der Waals surface area contributed by atoms with E-state index >= 15 is 0 Å². The van der Waals surface area contributed by atoms with Crippen LogP contribution >= 0.6 is 11.6 Å². The molecule has 1 atom stereocenters. The third-order valence-electron chi connectivity index (χ3n) is 6.41. The average molecular weight is 506 g/mol. The van der Waals surface area contributed by atoms with Gasteiger partial charge in [-0.3, -0.25) is 9.69 Å². The lowest BCUT2D eigenvalue weighted by Gasteiger charge is -2.31. The minimum atomic E-state index is -3.50. The SMILES string of the molecule is O=C(NCc1ccc(CN2CCOCC2)cc1)[C@@H]1CCCN(S(=O)(=O)Cc2ccc(Cl)cc2)C1. The minimum Gasteiger partial charge on any atom is -0.379 e. The number of carbonyl (C=O) groups is 1. The zero-order valence-corrected chi connectivity index (χ0v) is 20.9. The van der Waals surface area contributed by atoms with Crippen molar-refractivity contribution >= 4 is 27.5 Å². The van der Waals surface area contributed by atoms with Crippen molar-refractivity contribution in [2.75, 3.05) is 39.4 Å². The quantitative estimate of drug-likeness (QED) is 0.596. The summed E-state index contributed by atoms with van der Waals surface area (Å²) in [5, 5.41) is 3.57. The molecule has 2 heterocycles. The van der Waals surface area contributed by atoms with Crippen molar-refractivity contribution in [1.29, 1.82) is 0 Å². The lowest BCUT2D eigenvalue weighted by atomic mass is 9.98. The maximum atomic E-state index is 12.9. The van der Waals surface area contributed by atoms with Gasteiger partial charge in [-0.05, 0) is 41.7 Å². The molecule has 2 fully saturated rings. The van der Waals surface area contributed by atoms with Crippen LogP contribution in [0.3, 0.4) is 0 Å². The number of nitrogens with zero attached hydrogens (tertiary/aromatic N) is 2. The van der Waals surface area contributed by atoms with Crippen LogP contribution in [-0.4, -0.2) is 62.9 Å². The average Bonchev–Trinajstić information content (AvgIpc) is 2.85. The van der Waals surface area contributed by atoms with Crippen LogP contribution in [0.4, 0.5) is 0 Å². The molecule has 4 rings (SSSR count). The summed E-state index contributed by atoms with van der Waals surface area (Å²) in [5.41, 5.74) is 2.96. The van der Waals surface area contributed by atoms with Gasteiger partial charge < -0.3 is 10.1 Å². The smallest absolute Gasteiger partial charge is 0.224 e. The van der Waals surface area contributed by atoms with E-state index in [9.17, 15) is 13.2 Å². The molecule has 0 aliphatic carbocycles. The summed E-state index contributed by atoms with van der Waals surface area (Å²) >= 11 is 5.90. The fourth-order valence-corrected chi connectivity index (χ4v) is 6.14. The Kier molecular flexibility index (Phi) is 8.60. The number of amides is 1. The van der Waals surface area contributed by atoms with Crippen molar-refractivity contribution in [2.45, 2.75) is 31.7 Å². The van der Waals surface area contributed by atoms with Crippen LogP contribution in [0.1, 0.15) is 29.5 Å². The van der Waals surface area contributed by atoms with Crippen molar-refractivity contribution in [3.05, 3.63) is 70.2 Å². The fraction of sp³-hybridized carbons (Fsp3) is 0.480. The van der Waals surface area contributed by atoms with Crippen molar-refractivity contribution in [2.24, 2.45) is 5.92 Å². The third-order valence-corrected chi connectivity index (χ3v) is 8.48. The number of morpholine rings is 1. The van der Waals surface area contributed by atoms with Crippen LogP contribution in [0.25, 0.3) is 0 Å². The highest BCUT2D eigenvalue weighted by Crippen LogP contribution is 2.22. The van der Waals surface area contributed by atoms with Crippen LogP contribution in [0, 0.1) is 5.92 Å². The van der Waals surface area contributed by atoms with Gasteiger partial charge in [-0.1, -0.05) is 48.0 Å². The normalized spacial score (nSPS) is 20.2. The van der Waals surface area contributed by atoms with Gasteiger partial charge in [-0.15, -0.1) is 0 Å². The number of carbonyl (C=O) groups excluding carboxylic acids is 1.